The predicted octanol–water partition coefficient (Wildman–Crippen LogP) is 2.61. The lowest BCUT2D eigenvalue weighted by Gasteiger charge is -2.37. The van der Waals surface area contributed by atoms with Crippen LogP contribution in [0.3, 0.4) is 0 Å². The first-order chi connectivity index (χ1) is 15.0. The van der Waals surface area contributed by atoms with Crippen molar-refractivity contribution in [1.82, 2.24) is 9.80 Å². The van der Waals surface area contributed by atoms with E-state index in [4.69, 9.17) is 4.74 Å². The molecule has 2 aromatic rings. The Balaban J connectivity index is 1.24. The van der Waals surface area contributed by atoms with E-state index in [9.17, 15) is 13.2 Å². The number of amides is 1. The maximum atomic E-state index is 12.5. The Morgan fingerprint density at radius 3 is 2.35 bits per heavy atom. The first-order valence-corrected chi connectivity index (χ1v) is 12.5. The lowest BCUT2D eigenvalue weighted by Crippen LogP contribution is -2.52. The number of benzene rings is 2. The molecule has 0 saturated carbocycles. The molecular weight excluding hydrogens is 412 g/mol. The van der Waals surface area contributed by atoms with E-state index in [1.807, 2.05) is 65.6 Å². The van der Waals surface area contributed by atoms with Gasteiger partial charge < -0.3 is 9.64 Å². The number of hydrogen-bond donors (Lipinski definition) is 0. The number of nitrogens with zero attached hydrogens (tertiary/aromatic N) is 2. The van der Waals surface area contributed by atoms with Crippen LogP contribution in [0.4, 0.5) is 0 Å². The Morgan fingerprint density at radius 2 is 1.71 bits per heavy atom. The summed E-state index contributed by atoms with van der Waals surface area (Å²) in [4.78, 5) is 16.6. The minimum absolute atomic E-state index is 0.0110. The minimum atomic E-state index is -2.88. The fraction of sp³-hybridized carbons (Fsp3) is 0.375. The second kappa shape index (κ2) is 9.66. The molecule has 2 aromatic carbocycles. The zero-order valence-electron chi connectivity index (χ0n) is 17.5. The van der Waals surface area contributed by atoms with Crippen LogP contribution in [0.25, 0.3) is 6.08 Å². The van der Waals surface area contributed by atoms with Gasteiger partial charge in [-0.1, -0.05) is 42.5 Å². The number of piperazine rings is 1. The van der Waals surface area contributed by atoms with Crippen LogP contribution in [-0.4, -0.2) is 67.9 Å². The Bertz CT molecular complexity index is 1010. The highest BCUT2D eigenvalue weighted by atomic mass is 32.2. The fourth-order valence-electron chi connectivity index (χ4n) is 4.06. The molecule has 1 amide bonds. The molecule has 2 fully saturated rings. The van der Waals surface area contributed by atoms with Crippen LogP contribution in [0.15, 0.2) is 60.7 Å². The maximum Gasteiger partial charge on any atom is 0.246 e. The van der Waals surface area contributed by atoms with Crippen LogP contribution < -0.4 is 4.74 Å². The molecule has 0 aromatic heterocycles. The second-order valence-electron chi connectivity index (χ2n) is 8.09. The number of hydrogen-bond acceptors (Lipinski definition) is 5. The molecule has 0 bridgehead atoms. The van der Waals surface area contributed by atoms with Gasteiger partial charge in [0.05, 0.1) is 11.5 Å². The van der Waals surface area contributed by atoms with E-state index >= 15 is 0 Å². The molecule has 0 N–H and O–H groups in total. The summed E-state index contributed by atoms with van der Waals surface area (Å²) in [5.74, 6) is 1.32. The van der Waals surface area contributed by atoms with Gasteiger partial charge in [-0.05, 0) is 35.8 Å². The highest BCUT2D eigenvalue weighted by molar-refractivity contribution is 7.91. The minimum Gasteiger partial charge on any atom is -0.489 e. The van der Waals surface area contributed by atoms with Crippen molar-refractivity contribution in [3.8, 4) is 5.75 Å². The van der Waals surface area contributed by atoms with Gasteiger partial charge in [-0.25, -0.2) is 8.42 Å². The molecule has 2 saturated heterocycles. The van der Waals surface area contributed by atoms with Crippen molar-refractivity contribution >= 4 is 21.8 Å². The largest absolute Gasteiger partial charge is 0.489 e. The molecule has 7 heteroatoms. The summed E-state index contributed by atoms with van der Waals surface area (Å²) in [5, 5.41) is 0. The Hall–Kier alpha value is -2.64. The lowest BCUT2D eigenvalue weighted by molar-refractivity contribution is -0.127. The van der Waals surface area contributed by atoms with E-state index in [1.54, 1.807) is 6.08 Å². The molecule has 2 aliphatic heterocycles. The molecule has 31 heavy (non-hydrogen) atoms. The summed E-state index contributed by atoms with van der Waals surface area (Å²) in [6, 6.07) is 17.8. The number of carbonyl (C=O) groups excluding carboxylic acids is 1. The van der Waals surface area contributed by atoms with Crippen molar-refractivity contribution in [1.29, 1.82) is 0 Å². The van der Waals surface area contributed by atoms with Gasteiger partial charge >= 0.3 is 0 Å². The standard InChI is InChI=1S/C24H28N2O4S/c27-24(26-15-13-25(14-16-26)22-12-17-31(28,29)19-22)11-8-20-6-9-23(10-7-20)30-18-21-4-2-1-3-5-21/h1-11,22H,12-19H2. The molecule has 2 heterocycles. The molecule has 164 valence electrons. The normalized spacial score (nSPS) is 21.4. The van der Waals surface area contributed by atoms with Gasteiger partial charge in [0.25, 0.3) is 0 Å². The summed E-state index contributed by atoms with van der Waals surface area (Å²) in [6.07, 6.45) is 4.13. The lowest BCUT2D eigenvalue weighted by atomic mass is 10.1. The Labute approximate surface area is 184 Å². The number of carbonyl (C=O) groups is 1. The molecule has 1 atom stereocenters. The summed E-state index contributed by atoms with van der Waals surface area (Å²) < 4.78 is 29.2. The third kappa shape index (κ3) is 5.95. The van der Waals surface area contributed by atoms with Gasteiger partial charge in [0.15, 0.2) is 9.84 Å². The van der Waals surface area contributed by atoms with Crippen molar-refractivity contribution in [3.63, 3.8) is 0 Å². The quantitative estimate of drug-likeness (QED) is 0.646. The van der Waals surface area contributed by atoms with E-state index in [0.717, 1.165) is 30.0 Å². The van der Waals surface area contributed by atoms with Gasteiger partial charge in [-0.2, -0.15) is 0 Å². The van der Waals surface area contributed by atoms with Gasteiger partial charge in [0.1, 0.15) is 12.4 Å². The van der Waals surface area contributed by atoms with Crippen LogP contribution in [0, 0.1) is 0 Å². The maximum absolute atomic E-state index is 12.5. The number of sulfone groups is 1. The highest BCUT2D eigenvalue weighted by Gasteiger charge is 2.34. The molecule has 4 rings (SSSR count). The zero-order chi connectivity index (χ0) is 21.7. The Kier molecular flexibility index (Phi) is 6.73. The zero-order valence-corrected chi connectivity index (χ0v) is 18.3. The van der Waals surface area contributed by atoms with Crippen LogP contribution >= 0.6 is 0 Å². The van der Waals surface area contributed by atoms with Crippen LogP contribution in [0.1, 0.15) is 17.5 Å². The number of ether oxygens (including phenoxy) is 1. The molecule has 0 aliphatic carbocycles. The van der Waals surface area contributed by atoms with E-state index in [0.29, 0.717) is 26.1 Å². The van der Waals surface area contributed by atoms with E-state index < -0.39 is 9.84 Å². The third-order valence-corrected chi connectivity index (χ3v) is 7.65. The van der Waals surface area contributed by atoms with Crippen molar-refractivity contribution in [3.05, 3.63) is 71.8 Å². The monoisotopic (exact) mass is 440 g/mol. The summed E-state index contributed by atoms with van der Waals surface area (Å²) in [7, 11) is -2.88. The molecule has 2 aliphatic rings. The van der Waals surface area contributed by atoms with Crippen LogP contribution in [0.2, 0.25) is 0 Å². The van der Waals surface area contributed by atoms with Gasteiger partial charge in [-0.3, -0.25) is 9.69 Å². The average molecular weight is 441 g/mol. The summed E-state index contributed by atoms with van der Waals surface area (Å²) in [6.45, 7) is 3.24. The summed E-state index contributed by atoms with van der Waals surface area (Å²) >= 11 is 0. The van der Waals surface area contributed by atoms with Gasteiger partial charge in [0, 0.05) is 38.3 Å². The molecule has 0 radical (unpaired) electrons. The smallest absolute Gasteiger partial charge is 0.246 e. The Morgan fingerprint density at radius 1 is 1.00 bits per heavy atom. The van der Waals surface area contributed by atoms with Crippen molar-refractivity contribution in [2.75, 3.05) is 37.7 Å². The van der Waals surface area contributed by atoms with Crippen molar-refractivity contribution in [2.45, 2.75) is 19.1 Å². The molecule has 6 nitrogen and oxygen atoms in total. The van der Waals surface area contributed by atoms with E-state index in [-0.39, 0.29) is 23.5 Å². The van der Waals surface area contributed by atoms with Gasteiger partial charge in [-0.15, -0.1) is 0 Å². The number of rotatable bonds is 6. The highest BCUT2D eigenvalue weighted by Crippen LogP contribution is 2.20. The molecule has 0 spiro atoms. The summed E-state index contributed by atoms with van der Waals surface area (Å²) in [5.41, 5.74) is 2.06. The van der Waals surface area contributed by atoms with Crippen LogP contribution in [-0.2, 0) is 21.2 Å². The van der Waals surface area contributed by atoms with Crippen molar-refractivity contribution in [2.24, 2.45) is 0 Å². The second-order valence-corrected chi connectivity index (χ2v) is 10.3. The van der Waals surface area contributed by atoms with Crippen molar-refractivity contribution < 1.29 is 17.9 Å². The third-order valence-electron chi connectivity index (χ3n) is 5.90. The van der Waals surface area contributed by atoms with Gasteiger partial charge in [0.2, 0.25) is 5.91 Å². The molecular formula is C24H28N2O4S. The van der Waals surface area contributed by atoms with E-state index in [2.05, 4.69) is 4.90 Å². The average Bonchev–Trinajstić information content (AvgIpc) is 3.17. The van der Waals surface area contributed by atoms with E-state index in [1.165, 1.54) is 0 Å². The van der Waals surface area contributed by atoms with Crippen LogP contribution in [0.5, 0.6) is 5.75 Å². The predicted molar refractivity (Wildman–Crippen MR) is 121 cm³/mol. The molecule has 1 unspecified atom stereocenters. The first-order valence-electron chi connectivity index (χ1n) is 10.7. The topological polar surface area (TPSA) is 66.9 Å². The first kappa shape index (κ1) is 21.6. The SMILES string of the molecule is O=C(C=Cc1ccc(OCc2ccccc2)cc1)N1CCN(C2CCS(=O)(=O)C2)CC1. The fourth-order valence-corrected chi connectivity index (χ4v) is 5.82.